The van der Waals surface area contributed by atoms with E-state index in [1.54, 1.807) is 0 Å². The van der Waals surface area contributed by atoms with E-state index in [9.17, 15) is 0 Å². The van der Waals surface area contributed by atoms with Crippen molar-refractivity contribution in [3.8, 4) is 0 Å². The SMILES string of the molecule is CC(C)C(C)(C)[C@@]1(C)C=C[C@H](OCCO)PC1. The highest BCUT2D eigenvalue weighted by atomic mass is 31.1. The van der Waals surface area contributed by atoms with Crippen molar-refractivity contribution in [3.63, 3.8) is 0 Å². The van der Waals surface area contributed by atoms with Crippen LogP contribution in [0.4, 0.5) is 0 Å². The molecule has 0 aromatic heterocycles. The van der Waals surface area contributed by atoms with Gasteiger partial charge in [0.15, 0.2) is 0 Å². The summed E-state index contributed by atoms with van der Waals surface area (Å²) in [5.74, 6) is 0.884. The molecule has 3 heteroatoms. The third-order valence-corrected chi connectivity index (χ3v) is 6.31. The van der Waals surface area contributed by atoms with Gasteiger partial charge in [-0.05, 0) is 22.9 Å². The summed E-state index contributed by atoms with van der Waals surface area (Å²) < 4.78 is 5.57. The van der Waals surface area contributed by atoms with E-state index in [4.69, 9.17) is 9.84 Å². The molecular weight excluding hydrogens is 231 g/mol. The van der Waals surface area contributed by atoms with Crippen LogP contribution in [0.2, 0.25) is 0 Å². The summed E-state index contributed by atoms with van der Waals surface area (Å²) in [6.45, 7) is 12.3. The maximum absolute atomic E-state index is 8.76. The molecule has 0 radical (unpaired) electrons. The van der Waals surface area contributed by atoms with Gasteiger partial charge in [-0.15, -0.1) is 0 Å². The van der Waals surface area contributed by atoms with Crippen molar-refractivity contribution in [1.29, 1.82) is 0 Å². The molecule has 0 amide bonds. The highest BCUT2D eigenvalue weighted by Gasteiger charge is 2.42. The van der Waals surface area contributed by atoms with E-state index in [2.05, 4.69) is 46.8 Å². The van der Waals surface area contributed by atoms with Crippen LogP contribution >= 0.6 is 8.58 Å². The first-order valence-electron chi connectivity index (χ1n) is 6.49. The Balaban J connectivity index is 2.70. The molecular formula is C14H27O2P. The van der Waals surface area contributed by atoms with Crippen molar-refractivity contribution >= 4 is 8.58 Å². The van der Waals surface area contributed by atoms with E-state index in [1.807, 2.05) is 0 Å². The Morgan fingerprint density at radius 1 is 1.53 bits per heavy atom. The molecule has 1 aliphatic rings. The molecule has 17 heavy (non-hydrogen) atoms. The predicted octanol–water partition coefficient (Wildman–Crippen LogP) is 3.26. The second-order valence-electron chi connectivity index (χ2n) is 6.05. The molecule has 2 nitrogen and oxygen atoms in total. The summed E-state index contributed by atoms with van der Waals surface area (Å²) in [4.78, 5) is 0. The Labute approximate surface area is 108 Å². The minimum absolute atomic E-state index is 0.115. The smallest absolute Gasteiger partial charge is 0.0917 e. The van der Waals surface area contributed by atoms with Gasteiger partial charge in [0.25, 0.3) is 0 Å². The van der Waals surface area contributed by atoms with Crippen molar-refractivity contribution in [2.24, 2.45) is 16.7 Å². The third kappa shape index (κ3) is 3.30. The van der Waals surface area contributed by atoms with E-state index in [0.717, 1.165) is 8.58 Å². The highest BCUT2D eigenvalue weighted by Crippen LogP contribution is 2.51. The van der Waals surface area contributed by atoms with Crippen molar-refractivity contribution in [2.45, 2.75) is 40.5 Å². The van der Waals surface area contributed by atoms with Gasteiger partial charge >= 0.3 is 0 Å². The lowest BCUT2D eigenvalue weighted by molar-refractivity contribution is 0.0791. The number of hydrogen-bond acceptors (Lipinski definition) is 2. The molecule has 1 rings (SSSR count). The number of ether oxygens (including phenoxy) is 1. The molecule has 1 heterocycles. The molecule has 100 valence electrons. The van der Waals surface area contributed by atoms with Crippen LogP contribution < -0.4 is 0 Å². The normalized spacial score (nSPS) is 31.4. The number of aliphatic hydroxyl groups is 1. The van der Waals surface area contributed by atoms with Crippen molar-refractivity contribution in [2.75, 3.05) is 19.4 Å². The molecule has 1 aliphatic heterocycles. The van der Waals surface area contributed by atoms with Crippen molar-refractivity contribution < 1.29 is 9.84 Å². The van der Waals surface area contributed by atoms with Crippen LogP contribution in [0.25, 0.3) is 0 Å². The molecule has 0 bridgehead atoms. The lowest BCUT2D eigenvalue weighted by Gasteiger charge is -2.48. The molecule has 0 aromatic carbocycles. The molecule has 0 aromatic rings. The zero-order chi connectivity index (χ0) is 13.1. The minimum Gasteiger partial charge on any atom is -0.394 e. The molecule has 0 aliphatic carbocycles. The van der Waals surface area contributed by atoms with Crippen LogP contribution in [-0.4, -0.2) is 30.3 Å². The van der Waals surface area contributed by atoms with Gasteiger partial charge in [-0.3, -0.25) is 0 Å². The average molecular weight is 258 g/mol. The number of hydrogen-bond donors (Lipinski definition) is 1. The minimum atomic E-state index is 0.115. The van der Waals surface area contributed by atoms with Gasteiger partial charge in [0.2, 0.25) is 0 Å². The fraction of sp³-hybridized carbons (Fsp3) is 0.857. The molecule has 0 fully saturated rings. The second kappa shape index (κ2) is 5.82. The third-order valence-electron chi connectivity index (χ3n) is 4.61. The Morgan fingerprint density at radius 2 is 2.18 bits per heavy atom. The summed E-state index contributed by atoms with van der Waals surface area (Å²) in [7, 11) is 0.800. The standard InChI is InChI=1S/C14H27O2P/c1-11(2)13(3,4)14(5)7-6-12(17-10-14)16-9-8-15/h6-7,11-12,15,17H,8-10H2,1-5H3/t12-,14+/m1/s1. The van der Waals surface area contributed by atoms with Crippen LogP contribution in [0.5, 0.6) is 0 Å². The predicted molar refractivity (Wildman–Crippen MR) is 75.9 cm³/mol. The van der Waals surface area contributed by atoms with Crippen molar-refractivity contribution in [3.05, 3.63) is 12.2 Å². The van der Waals surface area contributed by atoms with Crippen LogP contribution in [0.15, 0.2) is 12.2 Å². The number of allylic oxidation sites excluding steroid dienone is 1. The molecule has 0 saturated heterocycles. The van der Waals surface area contributed by atoms with Gasteiger partial charge in [-0.1, -0.05) is 55.4 Å². The first-order valence-corrected chi connectivity index (χ1v) is 7.77. The van der Waals surface area contributed by atoms with Gasteiger partial charge in [0, 0.05) is 0 Å². The largest absolute Gasteiger partial charge is 0.394 e. The first-order chi connectivity index (χ1) is 7.83. The molecule has 0 saturated carbocycles. The monoisotopic (exact) mass is 258 g/mol. The Kier molecular flexibility index (Phi) is 5.19. The lowest BCUT2D eigenvalue weighted by atomic mass is 9.62. The molecule has 3 atom stereocenters. The fourth-order valence-electron chi connectivity index (χ4n) is 2.14. The lowest BCUT2D eigenvalue weighted by Crippen LogP contribution is -2.41. The average Bonchev–Trinajstić information content (AvgIpc) is 2.28. The first kappa shape index (κ1) is 15.1. The Bertz CT molecular complexity index is 273. The topological polar surface area (TPSA) is 29.5 Å². The van der Waals surface area contributed by atoms with Gasteiger partial charge in [0.1, 0.15) is 0 Å². The van der Waals surface area contributed by atoms with Crippen LogP contribution in [-0.2, 0) is 4.74 Å². The fourth-order valence-corrected chi connectivity index (χ4v) is 3.80. The maximum Gasteiger partial charge on any atom is 0.0917 e. The molecule has 1 unspecified atom stereocenters. The van der Waals surface area contributed by atoms with Gasteiger partial charge in [-0.2, -0.15) is 0 Å². The van der Waals surface area contributed by atoms with Crippen molar-refractivity contribution in [1.82, 2.24) is 0 Å². The molecule has 0 spiro atoms. The summed E-state index contributed by atoms with van der Waals surface area (Å²) in [6, 6.07) is 0. The number of rotatable bonds is 5. The summed E-state index contributed by atoms with van der Waals surface area (Å²) >= 11 is 0. The summed E-state index contributed by atoms with van der Waals surface area (Å²) in [5.41, 5.74) is 0.567. The van der Waals surface area contributed by atoms with Gasteiger partial charge in [0.05, 0.1) is 19.1 Å². The Morgan fingerprint density at radius 3 is 2.59 bits per heavy atom. The van der Waals surface area contributed by atoms with E-state index < -0.39 is 0 Å². The van der Waals surface area contributed by atoms with Gasteiger partial charge in [-0.25, -0.2) is 0 Å². The summed E-state index contributed by atoms with van der Waals surface area (Å²) in [6.07, 6.45) is 5.72. The van der Waals surface area contributed by atoms with Crippen LogP contribution in [0, 0.1) is 16.7 Å². The van der Waals surface area contributed by atoms with E-state index in [-0.39, 0.29) is 17.9 Å². The van der Waals surface area contributed by atoms with Gasteiger partial charge < -0.3 is 9.84 Å². The quantitative estimate of drug-likeness (QED) is 0.606. The van der Waals surface area contributed by atoms with Crippen LogP contribution in [0.1, 0.15) is 34.6 Å². The van der Waals surface area contributed by atoms with Crippen LogP contribution in [0.3, 0.4) is 0 Å². The highest BCUT2D eigenvalue weighted by molar-refractivity contribution is 7.39. The zero-order valence-electron chi connectivity index (χ0n) is 11.8. The summed E-state index contributed by atoms with van der Waals surface area (Å²) in [5, 5.41) is 8.76. The Hall–Kier alpha value is 0.0900. The van der Waals surface area contributed by atoms with E-state index in [0.29, 0.717) is 17.9 Å². The number of aliphatic hydroxyl groups excluding tert-OH is 1. The van der Waals surface area contributed by atoms with E-state index in [1.165, 1.54) is 6.16 Å². The second-order valence-corrected chi connectivity index (χ2v) is 7.38. The zero-order valence-corrected chi connectivity index (χ0v) is 12.8. The van der Waals surface area contributed by atoms with E-state index >= 15 is 0 Å². The maximum atomic E-state index is 8.76. The molecule has 1 N–H and O–H groups in total.